The summed E-state index contributed by atoms with van der Waals surface area (Å²) in [5.74, 6) is -0.791. The maximum absolute atomic E-state index is 12.7. The van der Waals surface area contributed by atoms with Gasteiger partial charge in [0.2, 0.25) is 5.91 Å². The van der Waals surface area contributed by atoms with Gasteiger partial charge in [0.05, 0.1) is 6.10 Å². The fraction of sp³-hybridized carbons (Fsp3) is 0.976. The highest BCUT2D eigenvalue weighted by Crippen LogP contribution is 2.38. The van der Waals surface area contributed by atoms with Crippen LogP contribution in [0.1, 0.15) is 239 Å². The number of unbranched alkanes of at least 4 members (excludes halogenated alkanes) is 31. The number of carbonyl (C=O) groups is 1. The number of phosphoric ester groups is 1. The molecule has 1 amide bonds. The third-order valence-corrected chi connectivity index (χ3v) is 11.0. The van der Waals surface area contributed by atoms with E-state index in [4.69, 9.17) is 0 Å². The first kappa shape index (κ1) is 51.5. The highest BCUT2D eigenvalue weighted by Gasteiger charge is 2.34. The van der Waals surface area contributed by atoms with Gasteiger partial charge in [0.1, 0.15) is 12.1 Å². The van der Waals surface area contributed by atoms with Crippen molar-refractivity contribution >= 4 is 13.7 Å². The first-order valence-corrected chi connectivity index (χ1v) is 23.7. The minimum absolute atomic E-state index is 0.222. The molecule has 4 atom stereocenters. The lowest BCUT2D eigenvalue weighted by Gasteiger charge is -2.29. The van der Waals surface area contributed by atoms with E-state index in [9.17, 15) is 34.5 Å². The Morgan fingerprint density at radius 1 is 0.481 bits per heavy atom. The molecule has 0 spiro atoms. The molecule has 312 valence electrons. The number of rotatable bonds is 41. The minimum atomic E-state index is -5.07. The number of carbonyl (C=O) groups excluding carboxylic acids is 1. The van der Waals surface area contributed by atoms with Crippen molar-refractivity contribution < 1.29 is 39.0 Å². The van der Waals surface area contributed by atoms with Crippen molar-refractivity contribution in [1.82, 2.24) is 5.32 Å². The van der Waals surface area contributed by atoms with Crippen LogP contribution < -0.4 is 5.32 Å². The highest BCUT2D eigenvalue weighted by atomic mass is 31.2. The van der Waals surface area contributed by atoms with Crippen molar-refractivity contribution in [2.75, 3.05) is 0 Å². The van der Waals surface area contributed by atoms with Gasteiger partial charge in [-0.05, 0) is 12.8 Å². The van der Waals surface area contributed by atoms with Gasteiger partial charge in [-0.25, -0.2) is 4.57 Å². The Morgan fingerprint density at radius 2 is 0.750 bits per heavy atom. The van der Waals surface area contributed by atoms with E-state index in [0.717, 1.165) is 38.5 Å². The molecule has 9 nitrogen and oxygen atoms in total. The van der Waals surface area contributed by atoms with Gasteiger partial charge in [0, 0.05) is 0 Å². The fourth-order valence-electron chi connectivity index (χ4n) is 7.10. The molecule has 52 heavy (non-hydrogen) atoms. The van der Waals surface area contributed by atoms with Crippen molar-refractivity contribution in [2.24, 2.45) is 0 Å². The van der Waals surface area contributed by atoms with Crippen LogP contribution >= 0.6 is 7.82 Å². The van der Waals surface area contributed by atoms with E-state index < -0.39 is 38.3 Å². The van der Waals surface area contributed by atoms with Crippen LogP contribution in [0.15, 0.2) is 0 Å². The van der Waals surface area contributed by atoms with Gasteiger partial charge < -0.3 is 30.4 Å². The molecule has 0 aliphatic heterocycles. The molecule has 0 fully saturated rings. The normalized spacial score (nSPS) is 14.4. The molecular weight excluding hydrogens is 677 g/mol. The number of hydrogen-bond acceptors (Lipinski definition) is 6. The molecular formula is C42H86NO8P. The maximum Gasteiger partial charge on any atom is 0.471 e. The minimum Gasteiger partial charge on any atom is -0.391 e. The Morgan fingerprint density at radius 3 is 1.04 bits per heavy atom. The topological polar surface area (TPSA) is 157 Å². The lowest BCUT2D eigenvalue weighted by molar-refractivity contribution is -0.139. The first-order chi connectivity index (χ1) is 25.1. The van der Waals surface area contributed by atoms with Gasteiger partial charge in [-0.3, -0.25) is 9.32 Å². The second kappa shape index (κ2) is 37.4. The number of amides is 1. The largest absolute Gasteiger partial charge is 0.471 e. The zero-order valence-electron chi connectivity index (χ0n) is 34.0. The van der Waals surface area contributed by atoms with E-state index in [1.165, 1.54) is 161 Å². The third kappa shape index (κ3) is 35.2. The van der Waals surface area contributed by atoms with Gasteiger partial charge in [-0.1, -0.05) is 226 Å². The van der Waals surface area contributed by atoms with E-state index in [0.29, 0.717) is 12.8 Å². The third-order valence-electron chi connectivity index (χ3n) is 10.5. The molecule has 0 radical (unpaired) electrons. The van der Waals surface area contributed by atoms with Crippen LogP contribution in [0.25, 0.3) is 0 Å². The molecule has 6 N–H and O–H groups in total. The van der Waals surface area contributed by atoms with Crippen LogP contribution in [0.4, 0.5) is 0 Å². The van der Waals surface area contributed by atoms with Crippen molar-refractivity contribution in [3.05, 3.63) is 0 Å². The maximum atomic E-state index is 12.7. The number of aliphatic hydroxyl groups is 3. The van der Waals surface area contributed by atoms with E-state index in [1.807, 2.05) is 0 Å². The van der Waals surface area contributed by atoms with Crippen molar-refractivity contribution in [3.8, 4) is 0 Å². The molecule has 0 saturated carbocycles. The summed E-state index contributed by atoms with van der Waals surface area (Å²) in [7, 11) is -5.07. The predicted molar refractivity (Wildman–Crippen MR) is 216 cm³/mol. The molecule has 0 bridgehead atoms. The van der Waals surface area contributed by atoms with E-state index in [2.05, 4.69) is 23.7 Å². The van der Waals surface area contributed by atoms with Gasteiger partial charge >= 0.3 is 7.82 Å². The molecule has 0 saturated heterocycles. The average Bonchev–Trinajstić information content (AvgIpc) is 3.10. The lowest BCUT2D eigenvalue weighted by Crippen LogP contribution is -2.54. The Hall–Kier alpha value is -0.540. The quantitative estimate of drug-likeness (QED) is 0.0204. The molecule has 0 heterocycles. The molecule has 2 unspecified atom stereocenters. The van der Waals surface area contributed by atoms with Crippen molar-refractivity contribution in [2.45, 2.75) is 263 Å². The Balaban J connectivity index is 4.05. The van der Waals surface area contributed by atoms with Crippen LogP contribution in [-0.4, -0.2) is 55.6 Å². The number of hydrogen-bond donors (Lipinski definition) is 6. The van der Waals surface area contributed by atoms with Gasteiger partial charge in [0.25, 0.3) is 0 Å². The predicted octanol–water partition coefficient (Wildman–Crippen LogP) is 11.3. The number of nitrogens with one attached hydrogen (secondary N) is 1. The standard InChI is InChI=1S/C42H86NO8P/c1-3-5-7-9-11-13-15-17-18-19-20-21-22-23-25-27-29-31-33-35-37-39(45)41(46)43-40(42(47)51-52(48,49)50)38(44)36-34-32-30-28-26-24-16-14-12-10-8-6-4-2/h38-40,42,44-45,47H,3-37H2,1-2H3,(H,43,46)(H2,48,49,50)/t38-,39?,40+,42?/m1/s1. The van der Waals surface area contributed by atoms with E-state index in [1.54, 1.807) is 0 Å². The fourth-order valence-corrected chi connectivity index (χ4v) is 7.51. The summed E-state index contributed by atoms with van der Waals surface area (Å²) in [6.45, 7) is 4.50. The summed E-state index contributed by atoms with van der Waals surface area (Å²) >= 11 is 0. The average molecular weight is 764 g/mol. The summed E-state index contributed by atoms with van der Waals surface area (Å²) in [6, 6.07) is -1.47. The molecule has 0 aliphatic carbocycles. The van der Waals surface area contributed by atoms with Gasteiger partial charge in [-0.2, -0.15) is 0 Å². The van der Waals surface area contributed by atoms with E-state index >= 15 is 0 Å². The highest BCUT2D eigenvalue weighted by molar-refractivity contribution is 7.46. The van der Waals surface area contributed by atoms with Gasteiger partial charge in [0.15, 0.2) is 6.29 Å². The molecule has 0 rings (SSSR count). The summed E-state index contributed by atoms with van der Waals surface area (Å²) in [6.07, 6.45) is 36.4. The smallest absolute Gasteiger partial charge is 0.391 e. The first-order valence-electron chi connectivity index (χ1n) is 22.2. The lowest BCUT2D eigenvalue weighted by atomic mass is 10.0. The zero-order valence-corrected chi connectivity index (χ0v) is 34.9. The van der Waals surface area contributed by atoms with E-state index in [-0.39, 0.29) is 12.8 Å². The molecule has 10 heteroatoms. The monoisotopic (exact) mass is 764 g/mol. The summed E-state index contributed by atoms with van der Waals surface area (Å²) in [5.41, 5.74) is 0. The van der Waals surface area contributed by atoms with Gasteiger partial charge in [-0.15, -0.1) is 0 Å². The van der Waals surface area contributed by atoms with Crippen LogP contribution in [-0.2, 0) is 13.9 Å². The summed E-state index contributed by atoms with van der Waals surface area (Å²) in [5, 5.41) is 33.9. The summed E-state index contributed by atoms with van der Waals surface area (Å²) < 4.78 is 15.7. The summed E-state index contributed by atoms with van der Waals surface area (Å²) in [4.78, 5) is 31.1. The van der Waals surface area contributed by atoms with Crippen LogP contribution in [0.3, 0.4) is 0 Å². The zero-order chi connectivity index (χ0) is 38.5. The van der Waals surface area contributed by atoms with Crippen LogP contribution in [0.5, 0.6) is 0 Å². The Bertz CT molecular complexity index is 813. The van der Waals surface area contributed by atoms with Crippen molar-refractivity contribution in [1.29, 1.82) is 0 Å². The second-order valence-corrected chi connectivity index (χ2v) is 16.8. The molecule has 0 aliphatic rings. The number of phosphoric acid groups is 1. The molecule has 0 aromatic carbocycles. The SMILES string of the molecule is CCCCCCCCCCCCCCCCCCCCCCC(O)C(=O)N[C@H](C(O)OP(=O)(O)O)[C@H](O)CCCCCCCCCCCCCCC. The molecule has 0 aromatic rings. The Kier molecular flexibility index (Phi) is 37.0. The Labute approximate surface area is 320 Å². The van der Waals surface area contributed by atoms with Crippen LogP contribution in [0, 0.1) is 0 Å². The molecule has 0 aromatic heterocycles. The van der Waals surface area contributed by atoms with Crippen LogP contribution in [0.2, 0.25) is 0 Å². The second-order valence-electron chi connectivity index (χ2n) is 15.6. The van der Waals surface area contributed by atoms with Crippen molar-refractivity contribution in [3.63, 3.8) is 0 Å². The number of aliphatic hydroxyl groups excluding tert-OH is 3.